The fraction of sp³-hybridized carbons (Fsp3) is 0.250. The van der Waals surface area contributed by atoms with Gasteiger partial charge in [-0.05, 0) is 30.0 Å². The maximum atomic E-state index is 12.7. The molecule has 0 fully saturated rings. The fourth-order valence-electron chi connectivity index (χ4n) is 2.92. The number of ether oxygens (including phenoxy) is 1. The molecule has 0 radical (unpaired) electrons. The zero-order chi connectivity index (χ0) is 27.7. The van der Waals surface area contributed by atoms with Crippen molar-refractivity contribution < 1.29 is 52.4 Å². The van der Waals surface area contributed by atoms with E-state index in [4.69, 9.17) is 10.7 Å². The molecule has 174 valence electrons. The lowest BCUT2D eigenvalue weighted by molar-refractivity contribution is -0.142. The molecule has 0 spiro atoms. The molecule has 12 heteroatoms. The number of rotatable bonds is 5. The number of amides is 2. The average molecular weight is 485 g/mol. The lowest BCUT2D eigenvalue weighted by Gasteiger charge is -2.25. The van der Waals surface area contributed by atoms with Crippen LogP contribution in [0, 0.1) is 11.8 Å². The maximum Gasteiger partial charge on any atom is 0.525 e. The molecular formula is C20H20F3NO7S. The summed E-state index contributed by atoms with van der Waals surface area (Å²) in [7, 11) is -6.25. The highest BCUT2D eigenvalue weighted by Gasteiger charge is 2.51. The Morgan fingerprint density at radius 1 is 1.16 bits per heavy atom. The molecule has 0 bridgehead atoms. The maximum absolute atomic E-state index is 12.7. The van der Waals surface area contributed by atoms with Gasteiger partial charge in [-0.1, -0.05) is 30.9 Å². The molecule has 0 aromatic heterocycles. The van der Waals surface area contributed by atoms with E-state index in [2.05, 4.69) is 16.1 Å². The van der Waals surface area contributed by atoms with Crippen LogP contribution in [0.1, 0.15) is 53.4 Å². The third-order valence-corrected chi connectivity index (χ3v) is 5.22. The van der Waals surface area contributed by atoms with Crippen LogP contribution in [0.4, 0.5) is 13.2 Å². The van der Waals surface area contributed by atoms with Crippen molar-refractivity contribution in [1.29, 1.82) is 0 Å². The molecule has 0 N–H and O–H groups in total. The van der Waals surface area contributed by atoms with Crippen molar-refractivity contribution in [2.24, 2.45) is 0 Å². The second-order valence-electron chi connectivity index (χ2n) is 6.48. The van der Waals surface area contributed by atoms with E-state index < -0.39 is 38.5 Å². The zero-order valence-electron chi connectivity index (χ0n) is 20.4. The molecule has 2 aromatic rings. The number of carbonyl (C=O) groups excluding carboxylic acids is 3. The highest BCUT2D eigenvalue weighted by Crippen LogP contribution is 2.34. The quantitative estimate of drug-likeness (QED) is 0.275. The van der Waals surface area contributed by atoms with E-state index in [9.17, 15) is 36.0 Å². The van der Waals surface area contributed by atoms with Crippen molar-refractivity contribution in [3.8, 4) is 11.8 Å². The molecular weight excluding hydrogens is 455 g/mol. The zero-order valence-corrected chi connectivity index (χ0v) is 17.2. The second kappa shape index (κ2) is 8.60. The van der Waals surface area contributed by atoms with Crippen LogP contribution in [0.5, 0.6) is 0 Å². The normalized spacial score (nSPS) is 14.2. The van der Waals surface area contributed by atoms with Crippen LogP contribution in [0.2, 0.25) is 0 Å². The van der Waals surface area contributed by atoms with Crippen LogP contribution in [0.3, 0.4) is 0 Å². The Morgan fingerprint density at radius 3 is 2.44 bits per heavy atom. The number of hydrogen-bond donors (Lipinski definition) is 0. The van der Waals surface area contributed by atoms with Crippen molar-refractivity contribution in [3.05, 3.63) is 47.0 Å². The van der Waals surface area contributed by atoms with Crippen LogP contribution in [-0.4, -0.2) is 43.4 Å². The Kier molecular flexibility index (Phi) is 5.50. The van der Waals surface area contributed by atoms with Gasteiger partial charge in [0.25, 0.3) is 11.8 Å². The van der Waals surface area contributed by atoms with E-state index in [-0.39, 0.29) is 31.0 Å². The number of imide groups is 1. The number of carbonyl (C=O) groups is 3. The van der Waals surface area contributed by atoms with E-state index >= 15 is 0 Å². The molecule has 8 nitrogen and oxygen atoms in total. The summed E-state index contributed by atoms with van der Waals surface area (Å²) in [5.74, 6) is 2.22. The van der Waals surface area contributed by atoms with Crippen LogP contribution in [0.15, 0.2) is 30.3 Å². The molecule has 1 aliphatic rings. The number of alkyl halides is 3. The standard InChI is InChI=1S/C20H14F3NO7S.3H2/c1-2-5-16(25)30-11-4-6-12-9-10-15-17-13(12)7-3-8-14(17)18(26)24(19(15)27)31-32(28,29)20(21,22)23;;;/h3,7-10H,2,5,11H2,1H3;3*1H/i;2*1+2T;1+2. The molecule has 2 aromatic carbocycles. The van der Waals surface area contributed by atoms with Gasteiger partial charge in [-0.25, -0.2) is 0 Å². The molecule has 2 amide bonds. The van der Waals surface area contributed by atoms with Crippen molar-refractivity contribution in [1.82, 2.24) is 5.06 Å². The Bertz CT molecular complexity index is 1290. The first kappa shape index (κ1) is 20.5. The van der Waals surface area contributed by atoms with Gasteiger partial charge in [-0.15, -0.1) is 9.35 Å². The first-order valence-corrected chi connectivity index (χ1v) is 10.5. The number of benzene rings is 2. The molecule has 32 heavy (non-hydrogen) atoms. The SMILES string of the molecule is CCCC(=O)OCC#Cc1ccc2c3c(cccc13)C(=O)N(OS(=O)(=O)C(F)(F)F)C2=O.[3HH].[3H][3H].[3H][3H]. The predicted octanol–water partition coefficient (Wildman–Crippen LogP) is 3.65. The molecule has 0 atom stereocenters. The number of halogens is 3. The highest BCUT2D eigenvalue weighted by molar-refractivity contribution is 7.87. The summed E-state index contributed by atoms with van der Waals surface area (Å²) < 4.78 is 89.3. The van der Waals surface area contributed by atoms with Crippen LogP contribution in [0.25, 0.3) is 10.8 Å². The van der Waals surface area contributed by atoms with Gasteiger partial charge in [0.05, 0.1) is 11.1 Å². The van der Waals surface area contributed by atoms with Gasteiger partial charge < -0.3 is 4.74 Å². The van der Waals surface area contributed by atoms with Crippen molar-refractivity contribution in [2.75, 3.05) is 6.61 Å². The minimum absolute atomic E-state index is 0. The monoisotopic (exact) mass is 485 g/mol. The molecule has 0 unspecified atom stereocenters. The number of esters is 1. The van der Waals surface area contributed by atoms with Crippen molar-refractivity contribution in [2.45, 2.75) is 25.3 Å². The third-order valence-electron chi connectivity index (χ3n) is 4.31. The van der Waals surface area contributed by atoms with E-state index in [0.29, 0.717) is 17.4 Å². The van der Waals surface area contributed by atoms with Crippen molar-refractivity contribution in [3.63, 3.8) is 0 Å². The van der Waals surface area contributed by atoms with Gasteiger partial charge in [0.15, 0.2) is 6.61 Å². The summed E-state index contributed by atoms with van der Waals surface area (Å²) in [6, 6.07) is 6.68. The highest BCUT2D eigenvalue weighted by atomic mass is 32.2. The van der Waals surface area contributed by atoms with Gasteiger partial charge in [0, 0.05) is 24.7 Å². The Hall–Kier alpha value is -3.43. The molecule has 1 aliphatic heterocycles. The van der Waals surface area contributed by atoms with Gasteiger partial charge in [-0.3, -0.25) is 14.4 Å². The molecule has 3 rings (SSSR count). The minimum atomic E-state index is -6.25. The van der Waals surface area contributed by atoms with Gasteiger partial charge in [0.1, 0.15) is 0 Å². The molecule has 0 aliphatic carbocycles. The molecule has 0 saturated heterocycles. The van der Waals surface area contributed by atoms with E-state index in [0.717, 1.165) is 0 Å². The smallest absolute Gasteiger partial charge is 0.452 e. The summed E-state index contributed by atoms with van der Waals surface area (Å²) >= 11 is 0. The Labute approximate surface area is 187 Å². The van der Waals surface area contributed by atoms with Crippen LogP contribution in [-0.2, 0) is 23.9 Å². The summed E-state index contributed by atoms with van der Waals surface area (Å²) in [6.45, 7) is 1.63. The lowest BCUT2D eigenvalue weighted by Crippen LogP contribution is -2.44. The Morgan fingerprint density at radius 2 is 1.81 bits per heavy atom. The third kappa shape index (κ3) is 4.30. The number of hydrogen-bond acceptors (Lipinski definition) is 7. The largest absolute Gasteiger partial charge is 0.525 e. The van der Waals surface area contributed by atoms with Gasteiger partial charge >= 0.3 is 21.6 Å². The lowest BCUT2D eigenvalue weighted by atomic mass is 9.92. The molecule has 1 heterocycles. The minimum Gasteiger partial charge on any atom is -0.452 e. The average Bonchev–Trinajstić information content (AvgIpc) is 2.85. The van der Waals surface area contributed by atoms with Crippen LogP contribution >= 0.6 is 0 Å². The van der Waals surface area contributed by atoms with E-state index in [1.54, 1.807) is 0 Å². The summed E-state index contributed by atoms with van der Waals surface area (Å²) in [6.07, 6.45) is 0.865. The van der Waals surface area contributed by atoms with E-state index in [1.165, 1.54) is 30.3 Å². The topological polar surface area (TPSA) is 107 Å². The number of nitrogens with zero attached hydrogens (tertiary/aromatic N) is 1. The summed E-state index contributed by atoms with van der Waals surface area (Å²) in [5.41, 5.74) is -5.96. The predicted molar refractivity (Wildman–Crippen MR) is 110 cm³/mol. The van der Waals surface area contributed by atoms with Gasteiger partial charge in [-0.2, -0.15) is 21.6 Å². The molecule has 0 saturated carbocycles. The summed E-state index contributed by atoms with van der Waals surface area (Å²) in [4.78, 5) is 36.5. The second-order valence-corrected chi connectivity index (χ2v) is 8.00. The fourth-order valence-corrected chi connectivity index (χ4v) is 3.33. The van der Waals surface area contributed by atoms with Gasteiger partial charge in [0.2, 0.25) is 0 Å². The summed E-state index contributed by atoms with van der Waals surface area (Å²) in [5, 5.41) is -0.0210. The first-order valence-electron chi connectivity index (χ1n) is 11.1. The van der Waals surface area contributed by atoms with Crippen LogP contribution < -0.4 is 0 Å². The first-order chi connectivity index (χ1) is 17.0. The van der Waals surface area contributed by atoms with Crippen molar-refractivity contribution >= 4 is 38.7 Å². The number of hydroxylamine groups is 2. The Balaban J connectivity index is 0.00000247. The van der Waals surface area contributed by atoms with E-state index in [1.807, 2.05) is 6.92 Å².